The fourth-order valence-corrected chi connectivity index (χ4v) is 3.72. The summed E-state index contributed by atoms with van der Waals surface area (Å²) in [5.41, 5.74) is 2.43. The number of nitrogens with one attached hydrogen (secondary N) is 1. The molecule has 0 radical (unpaired) electrons. The number of carbonyl (C=O) groups excluding carboxylic acids is 1. The number of piperazine rings is 1. The number of anilines is 2. The van der Waals surface area contributed by atoms with Crippen molar-refractivity contribution in [3.63, 3.8) is 0 Å². The van der Waals surface area contributed by atoms with Gasteiger partial charge in [0.1, 0.15) is 5.75 Å². The Hall–Kier alpha value is -4.01. The van der Waals surface area contributed by atoms with E-state index in [1.54, 1.807) is 12.0 Å². The van der Waals surface area contributed by atoms with Crippen molar-refractivity contribution in [1.82, 2.24) is 15.1 Å². The highest BCUT2D eigenvalue weighted by Crippen LogP contribution is 2.35. The predicted molar refractivity (Wildman–Crippen MR) is 119 cm³/mol. The van der Waals surface area contributed by atoms with Crippen molar-refractivity contribution in [3.05, 3.63) is 54.6 Å². The van der Waals surface area contributed by atoms with Crippen molar-refractivity contribution in [2.24, 2.45) is 0 Å². The fourth-order valence-electron chi connectivity index (χ4n) is 3.72. The Morgan fingerprint density at radius 2 is 1.72 bits per heavy atom. The van der Waals surface area contributed by atoms with Crippen molar-refractivity contribution >= 4 is 17.5 Å². The SMILES string of the molecule is COc1ccc(NC(=O)N2CCN(c3ccc(-c4ccc5c(c4)OCO5)nn3)CC2)cc1. The van der Waals surface area contributed by atoms with E-state index >= 15 is 0 Å². The Morgan fingerprint density at radius 3 is 2.44 bits per heavy atom. The summed E-state index contributed by atoms with van der Waals surface area (Å²) in [4.78, 5) is 16.5. The Balaban J connectivity index is 1.17. The second-order valence-electron chi connectivity index (χ2n) is 7.48. The first-order valence-corrected chi connectivity index (χ1v) is 10.4. The number of fused-ring (bicyclic) bond motifs is 1. The third kappa shape index (κ3) is 4.09. The molecule has 164 valence electrons. The molecule has 1 fully saturated rings. The van der Waals surface area contributed by atoms with Gasteiger partial charge in [-0.3, -0.25) is 0 Å². The second kappa shape index (κ2) is 8.62. The number of hydrogen-bond acceptors (Lipinski definition) is 7. The van der Waals surface area contributed by atoms with Crippen LogP contribution in [0.15, 0.2) is 54.6 Å². The molecule has 9 nitrogen and oxygen atoms in total. The van der Waals surface area contributed by atoms with E-state index in [0.717, 1.165) is 40.0 Å². The van der Waals surface area contributed by atoms with E-state index in [1.165, 1.54) is 0 Å². The molecule has 2 aromatic carbocycles. The van der Waals surface area contributed by atoms with Crippen molar-refractivity contribution in [1.29, 1.82) is 0 Å². The minimum Gasteiger partial charge on any atom is -0.497 e. The maximum absolute atomic E-state index is 12.6. The average Bonchev–Trinajstić information content (AvgIpc) is 3.33. The summed E-state index contributed by atoms with van der Waals surface area (Å²) < 4.78 is 15.9. The summed E-state index contributed by atoms with van der Waals surface area (Å²) >= 11 is 0. The smallest absolute Gasteiger partial charge is 0.321 e. The van der Waals surface area contributed by atoms with Crippen LogP contribution < -0.4 is 24.4 Å². The number of carbonyl (C=O) groups is 1. The zero-order valence-corrected chi connectivity index (χ0v) is 17.7. The van der Waals surface area contributed by atoms with Crippen molar-refractivity contribution in [3.8, 4) is 28.5 Å². The third-order valence-electron chi connectivity index (χ3n) is 5.55. The Morgan fingerprint density at radius 1 is 0.938 bits per heavy atom. The summed E-state index contributed by atoms with van der Waals surface area (Å²) in [5, 5.41) is 11.7. The molecule has 9 heteroatoms. The van der Waals surface area contributed by atoms with Crippen LogP contribution in [-0.2, 0) is 0 Å². The van der Waals surface area contributed by atoms with Crippen LogP contribution in [0.2, 0.25) is 0 Å². The van der Waals surface area contributed by atoms with E-state index in [-0.39, 0.29) is 12.8 Å². The van der Waals surface area contributed by atoms with Crippen LogP contribution >= 0.6 is 0 Å². The molecule has 0 unspecified atom stereocenters. The largest absolute Gasteiger partial charge is 0.497 e. The second-order valence-corrected chi connectivity index (χ2v) is 7.48. The maximum atomic E-state index is 12.6. The van der Waals surface area contributed by atoms with Gasteiger partial charge in [0.15, 0.2) is 17.3 Å². The van der Waals surface area contributed by atoms with Gasteiger partial charge in [0.25, 0.3) is 0 Å². The van der Waals surface area contributed by atoms with Crippen LogP contribution in [0, 0.1) is 0 Å². The Bertz CT molecular complexity index is 1100. The van der Waals surface area contributed by atoms with Gasteiger partial charge < -0.3 is 29.3 Å². The third-order valence-corrected chi connectivity index (χ3v) is 5.55. The zero-order chi connectivity index (χ0) is 21.9. The highest BCUT2D eigenvalue weighted by atomic mass is 16.7. The van der Waals surface area contributed by atoms with Gasteiger partial charge in [0, 0.05) is 37.4 Å². The molecule has 0 spiro atoms. The molecular formula is C23H23N5O4. The van der Waals surface area contributed by atoms with Crippen LogP contribution in [-0.4, -0.2) is 61.2 Å². The first kappa shape index (κ1) is 19.9. The molecule has 2 amide bonds. The van der Waals surface area contributed by atoms with Crippen LogP contribution in [0.25, 0.3) is 11.3 Å². The number of urea groups is 1. The molecule has 1 N–H and O–H groups in total. The molecule has 0 aliphatic carbocycles. The summed E-state index contributed by atoms with van der Waals surface area (Å²) in [6.45, 7) is 2.83. The molecular weight excluding hydrogens is 410 g/mol. The molecule has 3 aromatic rings. The number of rotatable bonds is 4. The topological polar surface area (TPSA) is 89.1 Å². The summed E-state index contributed by atoms with van der Waals surface area (Å²) in [7, 11) is 1.61. The maximum Gasteiger partial charge on any atom is 0.321 e. The van der Waals surface area contributed by atoms with E-state index in [2.05, 4.69) is 20.4 Å². The quantitative estimate of drug-likeness (QED) is 0.676. The standard InChI is InChI=1S/C23H23N5O4/c1-30-18-5-3-17(4-6-18)24-23(29)28-12-10-27(11-13-28)22-9-7-19(25-26-22)16-2-8-20-21(14-16)32-15-31-20/h2-9,14H,10-13,15H2,1H3,(H,24,29). The summed E-state index contributed by atoms with van der Waals surface area (Å²) in [5.74, 6) is 3.01. The van der Waals surface area contributed by atoms with Gasteiger partial charge in [-0.2, -0.15) is 0 Å². The number of nitrogens with zero attached hydrogens (tertiary/aromatic N) is 4. The minimum absolute atomic E-state index is 0.112. The van der Waals surface area contributed by atoms with E-state index < -0.39 is 0 Å². The van der Waals surface area contributed by atoms with Gasteiger partial charge in [0.05, 0.1) is 12.8 Å². The highest BCUT2D eigenvalue weighted by molar-refractivity contribution is 5.89. The van der Waals surface area contributed by atoms with Crippen LogP contribution in [0.3, 0.4) is 0 Å². The van der Waals surface area contributed by atoms with E-state index in [0.29, 0.717) is 26.2 Å². The number of ether oxygens (including phenoxy) is 3. The van der Waals surface area contributed by atoms with Crippen molar-refractivity contribution in [2.45, 2.75) is 0 Å². The van der Waals surface area contributed by atoms with E-state index in [4.69, 9.17) is 14.2 Å². The first-order chi connectivity index (χ1) is 15.7. The lowest BCUT2D eigenvalue weighted by Crippen LogP contribution is -2.50. The molecule has 2 aliphatic rings. The van der Waals surface area contributed by atoms with Gasteiger partial charge in [-0.1, -0.05) is 0 Å². The lowest BCUT2D eigenvalue weighted by atomic mass is 10.1. The van der Waals surface area contributed by atoms with Gasteiger partial charge in [0.2, 0.25) is 6.79 Å². The molecule has 1 saturated heterocycles. The highest BCUT2D eigenvalue weighted by Gasteiger charge is 2.22. The van der Waals surface area contributed by atoms with E-state index in [1.807, 2.05) is 54.6 Å². The fraction of sp³-hybridized carbons (Fsp3) is 0.261. The van der Waals surface area contributed by atoms with Crippen molar-refractivity contribution in [2.75, 3.05) is 50.3 Å². The predicted octanol–water partition coefficient (Wildman–Crippen LogP) is 3.24. The molecule has 1 aromatic heterocycles. The van der Waals surface area contributed by atoms with Crippen LogP contribution in [0.4, 0.5) is 16.3 Å². The number of benzene rings is 2. The first-order valence-electron chi connectivity index (χ1n) is 10.4. The molecule has 0 saturated carbocycles. The molecule has 0 bridgehead atoms. The van der Waals surface area contributed by atoms with Gasteiger partial charge in [-0.25, -0.2) is 4.79 Å². The minimum atomic E-state index is -0.112. The van der Waals surface area contributed by atoms with E-state index in [9.17, 15) is 4.79 Å². The molecule has 3 heterocycles. The normalized spacial score (nSPS) is 14.9. The molecule has 5 rings (SSSR count). The van der Waals surface area contributed by atoms with Gasteiger partial charge in [-0.15, -0.1) is 10.2 Å². The van der Waals surface area contributed by atoms with Crippen molar-refractivity contribution < 1.29 is 19.0 Å². The molecule has 2 aliphatic heterocycles. The summed E-state index contributed by atoms with van der Waals surface area (Å²) in [6, 6.07) is 16.8. The Labute approximate surface area is 185 Å². The molecule has 0 atom stereocenters. The van der Waals surface area contributed by atoms with Gasteiger partial charge in [-0.05, 0) is 54.6 Å². The summed E-state index contributed by atoms with van der Waals surface area (Å²) in [6.07, 6.45) is 0. The number of amides is 2. The van der Waals surface area contributed by atoms with Crippen LogP contribution in [0.1, 0.15) is 0 Å². The number of hydrogen-bond donors (Lipinski definition) is 1. The number of aromatic nitrogens is 2. The lowest BCUT2D eigenvalue weighted by Gasteiger charge is -2.35. The average molecular weight is 433 g/mol. The van der Waals surface area contributed by atoms with Gasteiger partial charge >= 0.3 is 6.03 Å². The van der Waals surface area contributed by atoms with Crippen LogP contribution in [0.5, 0.6) is 17.2 Å². The molecule has 32 heavy (non-hydrogen) atoms. The zero-order valence-electron chi connectivity index (χ0n) is 17.7. The monoisotopic (exact) mass is 433 g/mol. The number of methoxy groups -OCH3 is 1. The Kier molecular flexibility index (Phi) is 5.37. The lowest BCUT2D eigenvalue weighted by molar-refractivity contribution is 0.174.